The summed E-state index contributed by atoms with van der Waals surface area (Å²) in [6.07, 6.45) is 1.67. The molecule has 2 aromatic rings. The number of anilines is 1. The van der Waals surface area contributed by atoms with Crippen molar-refractivity contribution < 1.29 is 4.74 Å². The van der Waals surface area contributed by atoms with Gasteiger partial charge in [-0.25, -0.2) is 0 Å². The van der Waals surface area contributed by atoms with Crippen molar-refractivity contribution >= 4 is 17.0 Å². The maximum absolute atomic E-state index is 5.63. The Hall–Kier alpha value is -1.85. The van der Waals surface area contributed by atoms with Gasteiger partial charge in [0.25, 0.3) is 0 Å². The fourth-order valence-electron chi connectivity index (χ4n) is 1.28. The van der Waals surface area contributed by atoms with Crippen molar-refractivity contribution in [1.82, 2.24) is 20.2 Å². The predicted octanol–water partition coefficient (Wildman–Crippen LogP) is 1.43. The van der Waals surface area contributed by atoms with Gasteiger partial charge < -0.3 is 10.1 Å². The van der Waals surface area contributed by atoms with Crippen LogP contribution >= 0.6 is 0 Å². The number of nitrogens with one attached hydrogen (secondary N) is 2. The molecule has 0 aliphatic heterocycles. The van der Waals surface area contributed by atoms with Crippen LogP contribution in [0, 0.1) is 5.92 Å². The van der Waals surface area contributed by atoms with Gasteiger partial charge in [-0.1, -0.05) is 13.8 Å². The van der Waals surface area contributed by atoms with Crippen LogP contribution < -0.4 is 10.1 Å². The van der Waals surface area contributed by atoms with E-state index in [9.17, 15) is 0 Å². The van der Waals surface area contributed by atoms with Crippen LogP contribution in [0.25, 0.3) is 11.0 Å². The lowest BCUT2D eigenvalue weighted by molar-refractivity contribution is 0.265. The number of nitrogens with zero attached hydrogens (tertiary/aromatic N) is 3. The average molecular weight is 221 g/mol. The molecular weight excluding hydrogens is 206 g/mol. The SMILES string of the molecule is CNc1nc(OCC(C)C)c2cn[nH]c2n1. The van der Waals surface area contributed by atoms with E-state index in [2.05, 4.69) is 39.3 Å². The third-order valence-corrected chi connectivity index (χ3v) is 2.05. The van der Waals surface area contributed by atoms with Gasteiger partial charge in [-0.2, -0.15) is 15.1 Å². The average Bonchev–Trinajstić information content (AvgIpc) is 2.73. The first-order chi connectivity index (χ1) is 7.70. The van der Waals surface area contributed by atoms with Crippen LogP contribution in [0.2, 0.25) is 0 Å². The highest BCUT2D eigenvalue weighted by molar-refractivity contribution is 5.80. The second kappa shape index (κ2) is 4.34. The fourth-order valence-corrected chi connectivity index (χ4v) is 1.28. The minimum atomic E-state index is 0.454. The summed E-state index contributed by atoms with van der Waals surface area (Å²) in [5.41, 5.74) is 0.679. The molecule has 0 saturated carbocycles. The topological polar surface area (TPSA) is 75.7 Å². The fraction of sp³-hybridized carbons (Fsp3) is 0.500. The van der Waals surface area contributed by atoms with E-state index in [1.807, 2.05) is 0 Å². The lowest BCUT2D eigenvalue weighted by Gasteiger charge is -2.09. The van der Waals surface area contributed by atoms with Gasteiger partial charge in [0.2, 0.25) is 11.8 Å². The summed E-state index contributed by atoms with van der Waals surface area (Å²) in [5.74, 6) is 1.54. The van der Waals surface area contributed by atoms with Crippen molar-refractivity contribution in [1.29, 1.82) is 0 Å². The highest BCUT2D eigenvalue weighted by Gasteiger charge is 2.10. The highest BCUT2D eigenvalue weighted by atomic mass is 16.5. The second-order valence-electron chi connectivity index (χ2n) is 3.94. The molecule has 0 aliphatic carbocycles. The summed E-state index contributed by atoms with van der Waals surface area (Å²) in [7, 11) is 1.77. The van der Waals surface area contributed by atoms with Crippen LogP contribution in [-0.2, 0) is 0 Å². The molecule has 0 unspecified atom stereocenters. The Morgan fingerprint density at radius 1 is 1.44 bits per heavy atom. The quantitative estimate of drug-likeness (QED) is 0.816. The summed E-state index contributed by atoms with van der Waals surface area (Å²) in [5, 5.41) is 10.4. The minimum Gasteiger partial charge on any atom is -0.477 e. The molecule has 6 heteroatoms. The number of hydrogen-bond donors (Lipinski definition) is 2. The van der Waals surface area contributed by atoms with E-state index in [0.29, 0.717) is 30.0 Å². The van der Waals surface area contributed by atoms with Crippen molar-refractivity contribution in [3.05, 3.63) is 6.20 Å². The molecule has 0 radical (unpaired) electrons. The molecule has 0 aliphatic rings. The Morgan fingerprint density at radius 3 is 2.94 bits per heavy atom. The smallest absolute Gasteiger partial charge is 0.229 e. The Labute approximate surface area is 93.4 Å². The van der Waals surface area contributed by atoms with E-state index in [1.165, 1.54) is 0 Å². The number of rotatable bonds is 4. The van der Waals surface area contributed by atoms with E-state index >= 15 is 0 Å². The molecule has 0 amide bonds. The summed E-state index contributed by atoms with van der Waals surface area (Å²) in [4.78, 5) is 8.48. The molecule has 0 atom stereocenters. The van der Waals surface area contributed by atoms with Gasteiger partial charge in [-0.15, -0.1) is 0 Å². The molecular formula is C10H15N5O. The van der Waals surface area contributed by atoms with E-state index in [4.69, 9.17) is 4.74 Å². The maximum atomic E-state index is 5.63. The van der Waals surface area contributed by atoms with Crippen LogP contribution in [0.4, 0.5) is 5.95 Å². The summed E-state index contributed by atoms with van der Waals surface area (Å²) < 4.78 is 5.63. The molecule has 0 saturated heterocycles. The summed E-state index contributed by atoms with van der Waals surface area (Å²) in [6, 6.07) is 0. The first-order valence-electron chi connectivity index (χ1n) is 5.22. The van der Waals surface area contributed by atoms with Gasteiger partial charge in [-0.3, -0.25) is 5.10 Å². The summed E-state index contributed by atoms with van der Waals surface area (Å²) in [6.45, 7) is 4.81. The zero-order chi connectivity index (χ0) is 11.5. The first-order valence-corrected chi connectivity index (χ1v) is 5.22. The molecule has 86 valence electrons. The lowest BCUT2D eigenvalue weighted by Crippen LogP contribution is -2.07. The van der Waals surface area contributed by atoms with Gasteiger partial charge >= 0.3 is 0 Å². The number of ether oxygens (including phenoxy) is 1. The lowest BCUT2D eigenvalue weighted by atomic mass is 10.2. The molecule has 6 nitrogen and oxygen atoms in total. The van der Waals surface area contributed by atoms with Crippen LogP contribution in [0.1, 0.15) is 13.8 Å². The standard InChI is InChI=1S/C10H15N5O/c1-6(2)5-16-9-7-4-12-15-8(7)13-10(11-3)14-9/h4,6H,5H2,1-3H3,(H2,11,12,13,14,15). The van der Waals surface area contributed by atoms with Crippen molar-refractivity contribution in [2.75, 3.05) is 19.0 Å². The van der Waals surface area contributed by atoms with Gasteiger partial charge in [0.05, 0.1) is 12.8 Å². The van der Waals surface area contributed by atoms with Gasteiger partial charge in [0, 0.05) is 7.05 Å². The molecule has 2 heterocycles. The zero-order valence-corrected chi connectivity index (χ0v) is 9.61. The maximum Gasteiger partial charge on any atom is 0.229 e. The van der Waals surface area contributed by atoms with Crippen molar-refractivity contribution in [3.8, 4) is 5.88 Å². The molecule has 2 rings (SSSR count). The largest absolute Gasteiger partial charge is 0.477 e. The molecule has 0 fully saturated rings. The van der Waals surface area contributed by atoms with E-state index in [1.54, 1.807) is 13.2 Å². The van der Waals surface area contributed by atoms with Crippen LogP contribution in [0.3, 0.4) is 0 Å². The number of aromatic amines is 1. The van der Waals surface area contributed by atoms with Crippen molar-refractivity contribution in [2.24, 2.45) is 5.92 Å². The van der Waals surface area contributed by atoms with Crippen LogP contribution in [0.5, 0.6) is 5.88 Å². The molecule has 0 bridgehead atoms. The van der Waals surface area contributed by atoms with Gasteiger partial charge in [-0.05, 0) is 5.92 Å². The molecule has 0 aromatic carbocycles. The summed E-state index contributed by atoms with van der Waals surface area (Å²) >= 11 is 0. The van der Waals surface area contributed by atoms with Crippen molar-refractivity contribution in [2.45, 2.75) is 13.8 Å². The van der Waals surface area contributed by atoms with E-state index in [0.717, 1.165) is 5.39 Å². The number of H-pyrrole nitrogens is 1. The van der Waals surface area contributed by atoms with E-state index < -0.39 is 0 Å². The monoisotopic (exact) mass is 221 g/mol. The zero-order valence-electron chi connectivity index (χ0n) is 9.61. The van der Waals surface area contributed by atoms with Crippen LogP contribution in [-0.4, -0.2) is 33.8 Å². The molecule has 0 spiro atoms. The first kappa shape index (κ1) is 10.7. The second-order valence-corrected chi connectivity index (χ2v) is 3.94. The van der Waals surface area contributed by atoms with Gasteiger partial charge in [0.1, 0.15) is 5.39 Å². The number of hydrogen-bond acceptors (Lipinski definition) is 5. The van der Waals surface area contributed by atoms with Crippen molar-refractivity contribution in [3.63, 3.8) is 0 Å². The Balaban J connectivity index is 2.36. The predicted molar refractivity (Wildman–Crippen MR) is 61.6 cm³/mol. The number of aromatic nitrogens is 4. The third kappa shape index (κ3) is 2.05. The Bertz CT molecular complexity index is 479. The highest BCUT2D eigenvalue weighted by Crippen LogP contribution is 2.22. The molecule has 16 heavy (non-hydrogen) atoms. The number of fused-ring (bicyclic) bond motifs is 1. The van der Waals surface area contributed by atoms with Gasteiger partial charge in [0.15, 0.2) is 5.65 Å². The minimum absolute atomic E-state index is 0.454. The third-order valence-electron chi connectivity index (χ3n) is 2.05. The van der Waals surface area contributed by atoms with Crippen LogP contribution in [0.15, 0.2) is 6.20 Å². The Kier molecular flexibility index (Phi) is 2.89. The Morgan fingerprint density at radius 2 is 2.25 bits per heavy atom. The molecule has 2 aromatic heterocycles. The normalized spacial score (nSPS) is 11.0. The molecule has 2 N–H and O–H groups in total. The van der Waals surface area contributed by atoms with E-state index in [-0.39, 0.29) is 0 Å².